The molecular weight excluding hydrogens is 532 g/mol. The van der Waals surface area contributed by atoms with Crippen molar-refractivity contribution in [3.8, 4) is 0 Å². The maximum atomic E-state index is 2.57. The first-order valence-electron chi connectivity index (χ1n) is 16.9. The Hall–Kier alpha value is -4.04. The summed E-state index contributed by atoms with van der Waals surface area (Å²) in [6.07, 6.45) is 46.4. The zero-order valence-electron chi connectivity index (χ0n) is 26.6. The number of rotatable bonds is 9. The van der Waals surface area contributed by atoms with Crippen LogP contribution < -0.4 is 15.5 Å². The molecule has 2 heterocycles. The summed E-state index contributed by atoms with van der Waals surface area (Å²) in [4.78, 5) is 2.57. The van der Waals surface area contributed by atoms with E-state index in [0.717, 1.165) is 38.9 Å². The first kappa shape index (κ1) is 30.0. The molecular formula is C42H48N2. The highest BCUT2D eigenvalue weighted by Crippen LogP contribution is 2.30. The van der Waals surface area contributed by atoms with Gasteiger partial charge in [-0.3, -0.25) is 0 Å². The largest absolute Gasteiger partial charge is 0.371 e. The topological polar surface area (TPSA) is 8.17 Å². The Morgan fingerprint density at radius 1 is 0.977 bits per heavy atom. The van der Waals surface area contributed by atoms with Gasteiger partial charge in [0.15, 0.2) is 0 Å². The number of allylic oxidation sites excluding steroid dienone is 12. The molecule has 0 fully saturated rings. The predicted octanol–water partition coefficient (Wildman–Crippen LogP) is 9.04. The monoisotopic (exact) mass is 580 g/mol. The second-order valence-corrected chi connectivity index (χ2v) is 12.5. The molecule has 3 atom stereocenters. The SMILES string of the molecule is CCCCN1CC(/C=C/C=C(/C=C/C=c2\c3c4c(n2CC)C=CCC4C=CC=3)C2CC=CCC2)/C=C/C=C\c2cccc1c2. The van der Waals surface area contributed by atoms with Gasteiger partial charge in [-0.1, -0.05) is 117 Å². The molecule has 2 nitrogen and oxygen atoms in total. The highest BCUT2D eigenvalue weighted by atomic mass is 15.1. The van der Waals surface area contributed by atoms with Crippen LogP contribution in [0.3, 0.4) is 0 Å². The molecule has 2 bridgehead atoms. The van der Waals surface area contributed by atoms with Crippen molar-refractivity contribution in [3.63, 3.8) is 0 Å². The van der Waals surface area contributed by atoms with Crippen LogP contribution in [0.1, 0.15) is 75.1 Å². The number of benzene rings is 1. The van der Waals surface area contributed by atoms with E-state index in [1.54, 1.807) is 0 Å². The first-order chi connectivity index (χ1) is 21.7. The predicted molar refractivity (Wildman–Crippen MR) is 192 cm³/mol. The molecule has 1 aromatic carbocycles. The van der Waals surface area contributed by atoms with Crippen molar-refractivity contribution in [1.29, 1.82) is 0 Å². The molecule has 226 valence electrons. The van der Waals surface area contributed by atoms with Crippen molar-refractivity contribution in [1.82, 2.24) is 4.57 Å². The van der Waals surface area contributed by atoms with E-state index in [2.05, 4.69) is 151 Å². The van der Waals surface area contributed by atoms with E-state index in [-0.39, 0.29) is 0 Å². The average molecular weight is 581 g/mol. The standard InChI is InChI=1S/C42H48N2/c1-3-5-30-43-32-34(17-10-9-16-33-18-12-26-38(43)31-33)19-11-22-36(35-20-7-6-8-21-35)23-14-28-40-39-27-13-24-37-25-15-29-41(42(37)39)44(40)4-2/h6-7,9-19,22-24,26-29,31,34-35,37H,3-5,8,20-21,25,30,32H2,1-2H3/b16-9-,17-10+,19-11+,23-14+,36-22-,40-28+. The Bertz CT molecular complexity index is 1680. The van der Waals surface area contributed by atoms with Gasteiger partial charge in [0.25, 0.3) is 0 Å². The van der Waals surface area contributed by atoms with E-state index < -0.39 is 0 Å². The molecule has 0 N–H and O–H groups in total. The molecule has 0 spiro atoms. The van der Waals surface area contributed by atoms with Crippen molar-refractivity contribution in [2.75, 3.05) is 18.0 Å². The number of hydrogen-bond donors (Lipinski definition) is 0. The van der Waals surface area contributed by atoms with Crippen molar-refractivity contribution in [2.24, 2.45) is 11.8 Å². The number of unbranched alkanes of at least 4 members (excludes halogenated alkanes) is 1. The molecule has 1 aromatic heterocycles. The minimum atomic E-state index is 0.342. The van der Waals surface area contributed by atoms with Gasteiger partial charge in [0.2, 0.25) is 0 Å². The van der Waals surface area contributed by atoms with Gasteiger partial charge in [0.1, 0.15) is 0 Å². The zero-order chi connectivity index (χ0) is 30.1. The Morgan fingerprint density at radius 3 is 2.80 bits per heavy atom. The summed E-state index contributed by atoms with van der Waals surface area (Å²) in [6, 6.07) is 8.97. The van der Waals surface area contributed by atoms with Crippen LogP contribution in [-0.2, 0) is 6.54 Å². The zero-order valence-corrected chi connectivity index (χ0v) is 26.6. The molecule has 0 saturated carbocycles. The van der Waals surface area contributed by atoms with Gasteiger partial charge in [-0.05, 0) is 85.9 Å². The van der Waals surface area contributed by atoms with Gasteiger partial charge >= 0.3 is 0 Å². The third-order valence-corrected chi connectivity index (χ3v) is 9.52. The second-order valence-electron chi connectivity index (χ2n) is 12.5. The van der Waals surface area contributed by atoms with Crippen LogP contribution in [-0.4, -0.2) is 17.7 Å². The lowest BCUT2D eigenvalue weighted by Gasteiger charge is -2.28. The Labute approximate surface area is 264 Å². The molecule has 2 heteroatoms. The molecule has 2 aromatic rings. The summed E-state index contributed by atoms with van der Waals surface area (Å²) in [5.41, 5.74) is 6.92. The second kappa shape index (κ2) is 14.6. The molecule has 0 radical (unpaired) electrons. The molecule has 6 rings (SSSR count). The van der Waals surface area contributed by atoms with Crippen LogP contribution in [0.5, 0.6) is 0 Å². The molecule has 4 aliphatic rings. The number of anilines is 1. The van der Waals surface area contributed by atoms with Gasteiger partial charge in [-0.25, -0.2) is 0 Å². The van der Waals surface area contributed by atoms with Crippen LogP contribution in [0.15, 0.2) is 109 Å². The Kier molecular flexibility index (Phi) is 9.97. The van der Waals surface area contributed by atoms with Gasteiger partial charge < -0.3 is 9.47 Å². The average Bonchev–Trinajstić information content (AvgIpc) is 3.38. The fraction of sp³-hybridized carbons (Fsp3) is 0.333. The van der Waals surface area contributed by atoms with Gasteiger partial charge in [0, 0.05) is 53.4 Å². The fourth-order valence-corrected chi connectivity index (χ4v) is 7.16. The summed E-state index contributed by atoms with van der Waals surface area (Å²) in [5.74, 6) is 1.42. The van der Waals surface area contributed by atoms with Crippen molar-refractivity contribution in [2.45, 2.75) is 64.8 Å². The van der Waals surface area contributed by atoms with Crippen molar-refractivity contribution >= 4 is 30.0 Å². The number of nitrogens with zero attached hydrogens (tertiary/aromatic N) is 2. The number of fused-ring (bicyclic) bond motifs is 2. The van der Waals surface area contributed by atoms with Crippen LogP contribution in [0.25, 0.3) is 24.3 Å². The summed E-state index contributed by atoms with van der Waals surface area (Å²) >= 11 is 0. The summed E-state index contributed by atoms with van der Waals surface area (Å²) < 4.78 is 2.49. The van der Waals surface area contributed by atoms with Crippen LogP contribution in [0, 0.1) is 11.8 Å². The van der Waals surface area contributed by atoms with Crippen LogP contribution in [0.2, 0.25) is 0 Å². The summed E-state index contributed by atoms with van der Waals surface area (Å²) in [6.45, 7) is 7.61. The van der Waals surface area contributed by atoms with Crippen molar-refractivity contribution < 1.29 is 0 Å². The number of aromatic nitrogens is 1. The van der Waals surface area contributed by atoms with E-state index in [1.165, 1.54) is 57.9 Å². The first-order valence-corrected chi connectivity index (χ1v) is 16.9. The van der Waals surface area contributed by atoms with Gasteiger partial charge in [-0.15, -0.1) is 0 Å². The summed E-state index contributed by atoms with van der Waals surface area (Å²) in [5, 5.41) is 2.74. The molecule has 1 aliphatic heterocycles. The molecule has 44 heavy (non-hydrogen) atoms. The maximum absolute atomic E-state index is 2.57. The van der Waals surface area contributed by atoms with Gasteiger partial charge in [-0.2, -0.15) is 0 Å². The number of hydrogen-bond acceptors (Lipinski definition) is 1. The minimum absolute atomic E-state index is 0.342. The third kappa shape index (κ3) is 6.86. The lowest BCUT2D eigenvalue weighted by molar-refractivity contribution is 0.563. The van der Waals surface area contributed by atoms with E-state index >= 15 is 0 Å². The van der Waals surface area contributed by atoms with Crippen molar-refractivity contribution in [3.05, 3.63) is 136 Å². The highest BCUT2D eigenvalue weighted by molar-refractivity contribution is 5.63. The van der Waals surface area contributed by atoms with Crippen LogP contribution >= 0.6 is 0 Å². The molecule has 3 aliphatic carbocycles. The Balaban J connectivity index is 1.29. The lowest BCUT2D eigenvalue weighted by atomic mass is 9.86. The third-order valence-electron chi connectivity index (χ3n) is 9.52. The fourth-order valence-electron chi connectivity index (χ4n) is 7.16. The Morgan fingerprint density at radius 2 is 1.93 bits per heavy atom. The van der Waals surface area contributed by atoms with Crippen LogP contribution in [0.4, 0.5) is 5.69 Å². The lowest BCUT2D eigenvalue weighted by Crippen LogP contribution is -2.31. The van der Waals surface area contributed by atoms with E-state index in [0.29, 0.717) is 17.8 Å². The smallest absolute Gasteiger partial charge is 0.0488 e. The van der Waals surface area contributed by atoms with E-state index in [1.807, 2.05) is 0 Å². The quantitative estimate of drug-likeness (QED) is 0.212. The maximum Gasteiger partial charge on any atom is 0.0488 e. The van der Waals surface area contributed by atoms with Gasteiger partial charge in [0.05, 0.1) is 0 Å². The highest BCUT2D eigenvalue weighted by Gasteiger charge is 2.22. The van der Waals surface area contributed by atoms with E-state index in [9.17, 15) is 0 Å². The normalized spacial score (nSPS) is 24.6. The molecule has 0 amide bonds. The molecule has 0 saturated heterocycles. The minimum Gasteiger partial charge on any atom is -0.371 e. The van der Waals surface area contributed by atoms with E-state index in [4.69, 9.17) is 0 Å². The summed E-state index contributed by atoms with van der Waals surface area (Å²) in [7, 11) is 0. The molecule has 3 unspecified atom stereocenters.